The number of aromatic nitrogens is 6. The molecule has 0 aromatic carbocycles. The lowest BCUT2D eigenvalue weighted by molar-refractivity contribution is -0.141. The first kappa shape index (κ1) is 19.5. The molecule has 1 aliphatic rings. The second-order valence-corrected chi connectivity index (χ2v) is 6.96. The van der Waals surface area contributed by atoms with Crippen molar-refractivity contribution < 1.29 is 19.8 Å². The Morgan fingerprint density at radius 3 is 2.53 bits per heavy atom. The Kier molecular flexibility index (Phi) is 4.90. The van der Waals surface area contributed by atoms with E-state index in [2.05, 4.69) is 30.2 Å². The van der Waals surface area contributed by atoms with E-state index in [9.17, 15) is 19.8 Å². The highest BCUT2D eigenvalue weighted by Gasteiger charge is 2.40. The number of hydrogen-bond acceptors (Lipinski definition) is 8. The van der Waals surface area contributed by atoms with Crippen molar-refractivity contribution in [3.63, 3.8) is 0 Å². The maximum absolute atomic E-state index is 11.4. The van der Waals surface area contributed by atoms with Crippen molar-refractivity contribution in [3.8, 4) is 11.4 Å². The topological polar surface area (TPSA) is 159 Å². The second-order valence-electron chi connectivity index (χ2n) is 6.96. The summed E-state index contributed by atoms with van der Waals surface area (Å²) in [5.41, 5.74) is 1.85. The Balaban J connectivity index is 1.70. The van der Waals surface area contributed by atoms with Crippen molar-refractivity contribution in [2.24, 2.45) is 0 Å². The number of carboxylic acid groups (broad SMARTS) is 2. The maximum atomic E-state index is 11.4. The Hall–Kier alpha value is -3.83. The zero-order valence-corrected chi connectivity index (χ0v) is 16.3. The SMILES string of the molecule is CCn1c(-c2cnc(C)nc2)nc2c(N[C@H]3C[C@H](C(=O)O)N(C(=O)O)C3)ncnc21. The number of fused-ring (bicyclic) bond motifs is 1. The molecule has 0 saturated carbocycles. The molecule has 0 unspecified atom stereocenters. The van der Waals surface area contributed by atoms with Gasteiger partial charge in [0.15, 0.2) is 17.0 Å². The minimum atomic E-state index is -1.27. The van der Waals surface area contributed by atoms with Crippen molar-refractivity contribution in [1.82, 2.24) is 34.4 Å². The van der Waals surface area contributed by atoms with Gasteiger partial charge in [0.1, 0.15) is 24.0 Å². The zero-order chi connectivity index (χ0) is 21.4. The molecule has 0 spiro atoms. The summed E-state index contributed by atoms with van der Waals surface area (Å²) in [6.45, 7) is 4.40. The lowest BCUT2D eigenvalue weighted by atomic mass is 10.1. The van der Waals surface area contributed by atoms with Crippen LogP contribution in [0.25, 0.3) is 22.6 Å². The van der Waals surface area contributed by atoms with Gasteiger partial charge in [0.05, 0.1) is 5.56 Å². The van der Waals surface area contributed by atoms with Gasteiger partial charge in [-0.3, -0.25) is 4.90 Å². The molecule has 0 bridgehead atoms. The number of rotatable bonds is 5. The number of carbonyl (C=O) groups is 2. The first-order chi connectivity index (χ1) is 14.4. The highest BCUT2D eigenvalue weighted by molar-refractivity contribution is 5.86. The number of amides is 1. The van der Waals surface area contributed by atoms with Gasteiger partial charge < -0.3 is 20.1 Å². The van der Waals surface area contributed by atoms with Crippen LogP contribution >= 0.6 is 0 Å². The van der Waals surface area contributed by atoms with Gasteiger partial charge in [-0.05, 0) is 13.8 Å². The van der Waals surface area contributed by atoms with Crippen molar-refractivity contribution in [2.45, 2.75) is 38.9 Å². The maximum Gasteiger partial charge on any atom is 0.408 e. The molecular weight excluding hydrogens is 392 g/mol. The highest BCUT2D eigenvalue weighted by atomic mass is 16.4. The van der Waals surface area contributed by atoms with Gasteiger partial charge in [-0.1, -0.05) is 0 Å². The van der Waals surface area contributed by atoms with Crippen LogP contribution in [0.1, 0.15) is 19.2 Å². The summed E-state index contributed by atoms with van der Waals surface area (Å²) in [6.07, 6.45) is 3.63. The Labute approximate surface area is 170 Å². The minimum absolute atomic E-state index is 0.0327. The number of anilines is 1. The molecule has 4 heterocycles. The zero-order valence-electron chi connectivity index (χ0n) is 16.3. The number of likely N-dealkylation sites (tertiary alicyclic amines) is 1. The van der Waals surface area contributed by atoms with Gasteiger partial charge in [-0.15, -0.1) is 0 Å². The normalized spacial score (nSPS) is 18.7. The first-order valence-corrected chi connectivity index (χ1v) is 9.38. The minimum Gasteiger partial charge on any atom is -0.480 e. The van der Waals surface area contributed by atoms with E-state index in [1.807, 2.05) is 11.5 Å². The summed E-state index contributed by atoms with van der Waals surface area (Å²) in [7, 11) is 0. The number of hydrogen-bond donors (Lipinski definition) is 3. The monoisotopic (exact) mass is 412 g/mol. The second kappa shape index (κ2) is 7.54. The van der Waals surface area contributed by atoms with Crippen LogP contribution in [0.4, 0.5) is 10.6 Å². The molecular formula is C18H20N8O4. The fourth-order valence-corrected chi connectivity index (χ4v) is 3.65. The molecule has 12 heteroatoms. The molecule has 4 rings (SSSR count). The van der Waals surface area contributed by atoms with Gasteiger partial charge in [0.25, 0.3) is 0 Å². The summed E-state index contributed by atoms with van der Waals surface area (Å²) in [5.74, 6) is 0.532. The van der Waals surface area contributed by atoms with Crippen LogP contribution in [0.15, 0.2) is 18.7 Å². The van der Waals surface area contributed by atoms with Crippen LogP contribution in [-0.2, 0) is 11.3 Å². The van der Waals surface area contributed by atoms with Crippen LogP contribution in [0.2, 0.25) is 0 Å². The third-order valence-electron chi connectivity index (χ3n) is 5.06. The number of imidazole rings is 1. The summed E-state index contributed by atoms with van der Waals surface area (Å²) in [5, 5.41) is 21.8. The van der Waals surface area contributed by atoms with E-state index in [0.29, 0.717) is 35.2 Å². The van der Waals surface area contributed by atoms with E-state index in [-0.39, 0.29) is 13.0 Å². The smallest absolute Gasteiger partial charge is 0.408 e. The molecule has 1 aliphatic heterocycles. The molecule has 1 amide bonds. The van der Waals surface area contributed by atoms with Gasteiger partial charge in [-0.25, -0.2) is 34.5 Å². The van der Waals surface area contributed by atoms with E-state index >= 15 is 0 Å². The van der Waals surface area contributed by atoms with E-state index in [0.717, 1.165) is 10.5 Å². The molecule has 30 heavy (non-hydrogen) atoms. The van der Waals surface area contributed by atoms with Crippen LogP contribution in [0.3, 0.4) is 0 Å². The standard InChI is InChI=1S/C18H20N8O4/c1-3-25-15(10-5-19-9(2)20-6-10)24-13-14(21-8-22-16(13)25)23-11-4-12(17(27)28)26(7-11)18(29)30/h5-6,8,11-12H,3-4,7H2,1-2H3,(H,27,28)(H,29,30)(H,21,22,23)/t11-,12+/m0/s1. The number of nitrogens with one attached hydrogen (secondary N) is 1. The number of nitrogens with zero attached hydrogens (tertiary/aromatic N) is 7. The van der Waals surface area contributed by atoms with Gasteiger partial charge >= 0.3 is 12.1 Å². The predicted octanol–water partition coefficient (Wildman–Crippen LogP) is 1.23. The van der Waals surface area contributed by atoms with Gasteiger partial charge in [0.2, 0.25) is 0 Å². The average Bonchev–Trinajstić information content (AvgIpc) is 3.31. The molecule has 3 aromatic heterocycles. The van der Waals surface area contributed by atoms with Gasteiger partial charge in [-0.2, -0.15) is 0 Å². The Bertz CT molecular complexity index is 1090. The van der Waals surface area contributed by atoms with Crippen molar-refractivity contribution in [1.29, 1.82) is 0 Å². The lowest BCUT2D eigenvalue weighted by Crippen LogP contribution is -2.39. The van der Waals surface area contributed by atoms with Crippen molar-refractivity contribution >= 4 is 29.0 Å². The predicted molar refractivity (Wildman–Crippen MR) is 105 cm³/mol. The molecule has 3 N–H and O–H groups in total. The van der Waals surface area contributed by atoms with Crippen molar-refractivity contribution in [3.05, 3.63) is 24.5 Å². The van der Waals surface area contributed by atoms with Crippen LogP contribution in [0.5, 0.6) is 0 Å². The fourth-order valence-electron chi connectivity index (χ4n) is 3.65. The largest absolute Gasteiger partial charge is 0.480 e. The van der Waals surface area contributed by atoms with E-state index in [4.69, 9.17) is 0 Å². The van der Waals surface area contributed by atoms with E-state index < -0.39 is 24.1 Å². The molecule has 156 valence electrons. The average molecular weight is 412 g/mol. The molecule has 3 aromatic rings. The van der Waals surface area contributed by atoms with Crippen LogP contribution < -0.4 is 5.32 Å². The summed E-state index contributed by atoms with van der Waals surface area (Å²) in [4.78, 5) is 45.4. The summed E-state index contributed by atoms with van der Waals surface area (Å²) < 4.78 is 1.91. The lowest BCUT2D eigenvalue weighted by Gasteiger charge is -2.16. The van der Waals surface area contributed by atoms with Crippen LogP contribution in [-0.4, -0.2) is 75.3 Å². The van der Waals surface area contributed by atoms with E-state index in [1.165, 1.54) is 6.33 Å². The molecule has 0 radical (unpaired) electrons. The Morgan fingerprint density at radius 1 is 1.20 bits per heavy atom. The van der Waals surface area contributed by atoms with E-state index in [1.54, 1.807) is 19.3 Å². The molecule has 2 atom stereocenters. The first-order valence-electron chi connectivity index (χ1n) is 9.38. The fraction of sp³-hybridized carbons (Fsp3) is 0.389. The highest BCUT2D eigenvalue weighted by Crippen LogP contribution is 2.28. The third kappa shape index (κ3) is 3.36. The van der Waals surface area contributed by atoms with Gasteiger partial charge in [0, 0.05) is 37.9 Å². The van der Waals surface area contributed by atoms with Crippen molar-refractivity contribution in [2.75, 3.05) is 11.9 Å². The van der Waals surface area contributed by atoms with Crippen LogP contribution in [0, 0.1) is 6.92 Å². The summed E-state index contributed by atoms with van der Waals surface area (Å²) in [6, 6.07) is -1.52. The molecule has 1 saturated heterocycles. The number of aliphatic carboxylic acids is 1. The quantitative estimate of drug-likeness (QED) is 0.556. The molecule has 0 aliphatic carbocycles. The number of aryl methyl sites for hydroxylation is 2. The molecule has 12 nitrogen and oxygen atoms in total. The third-order valence-corrected chi connectivity index (χ3v) is 5.06. The summed E-state index contributed by atoms with van der Waals surface area (Å²) >= 11 is 0. The molecule has 1 fully saturated rings. The Morgan fingerprint density at radius 2 is 1.93 bits per heavy atom. The number of carboxylic acids is 1.